The van der Waals surface area contributed by atoms with Crippen LogP contribution in [0.15, 0.2) is 24.3 Å². The lowest BCUT2D eigenvalue weighted by Crippen LogP contribution is -2.35. The van der Waals surface area contributed by atoms with Gasteiger partial charge in [-0.25, -0.2) is 0 Å². The quantitative estimate of drug-likeness (QED) is 0.830. The first-order chi connectivity index (χ1) is 9.74. The highest BCUT2D eigenvalue weighted by Crippen LogP contribution is 2.23. The van der Waals surface area contributed by atoms with E-state index in [4.69, 9.17) is 10.5 Å². The summed E-state index contributed by atoms with van der Waals surface area (Å²) in [4.78, 5) is 2.55. The zero-order valence-electron chi connectivity index (χ0n) is 12.8. The molecule has 0 bridgehead atoms. The maximum Gasteiger partial charge on any atom is 0.119 e. The number of nitrogens with two attached hydrogens (primary N) is 1. The average molecular weight is 276 g/mol. The van der Waals surface area contributed by atoms with E-state index in [2.05, 4.69) is 30.9 Å². The summed E-state index contributed by atoms with van der Waals surface area (Å²) in [7, 11) is 0. The third kappa shape index (κ3) is 3.97. The van der Waals surface area contributed by atoms with Crippen molar-refractivity contribution in [2.24, 2.45) is 5.73 Å². The van der Waals surface area contributed by atoms with Gasteiger partial charge >= 0.3 is 0 Å². The van der Waals surface area contributed by atoms with E-state index < -0.39 is 0 Å². The van der Waals surface area contributed by atoms with Crippen LogP contribution in [0.1, 0.15) is 51.1 Å². The predicted molar refractivity (Wildman–Crippen MR) is 84.0 cm³/mol. The largest absolute Gasteiger partial charge is 0.494 e. The van der Waals surface area contributed by atoms with Gasteiger partial charge in [-0.15, -0.1) is 0 Å². The molecule has 20 heavy (non-hydrogen) atoms. The minimum absolute atomic E-state index is 0.0994. The second-order valence-corrected chi connectivity index (χ2v) is 5.72. The van der Waals surface area contributed by atoms with Gasteiger partial charge in [-0.1, -0.05) is 26.0 Å². The van der Waals surface area contributed by atoms with Crippen molar-refractivity contribution in [3.8, 4) is 5.75 Å². The van der Waals surface area contributed by atoms with Crippen LogP contribution < -0.4 is 10.5 Å². The Morgan fingerprint density at radius 1 is 1.30 bits per heavy atom. The fourth-order valence-corrected chi connectivity index (χ4v) is 2.99. The Kier molecular flexibility index (Phi) is 5.86. The highest BCUT2D eigenvalue weighted by Gasteiger charge is 2.24. The molecule has 1 aromatic rings. The lowest BCUT2D eigenvalue weighted by Gasteiger charge is -2.26. The lowest BCUT2D eigenvalue weighted by atomic mass is 10.1. The van der Waals surface area contributed by atoms with Crippen molar-refractivity contribution in [3.05, 3.63) is 29.8 Å². The van der Waals surface area contributed by atoms with E-state index in [-0.39, 0.29) is 6.04 Å². The van der Waals surface area contributed by atoms with Crippen LogP contribution in [0.25, 0.3) is 0 Å². The van der Waals surface area contributed by atoms with Crippen LogP contribution in [0.2, 0.25) is 0 Å². The zero-order chi connectivity index (χ0) is 14.4. The Labute approximate surface area is 123 Å². The van der Waals surface area contributed by atoms with E-state index in [0.29, 0.717) is 0 Å². The number of ether oxygens (including phenoxy) is 1. The van der Waals surface area contributed by atoms with E-state index in [0.717, 1.165) is 31.4 Å². The first-order valence-electron chi connectivity index (χ1n) is 7.97. The van der Waals surface area contributed by atoms with E-state index in [9.17, 15) is 0 Å². The molecule has 112 valence electrons. The SMILES string of the molecule is CCCOc1ccc(C(N)CN2CCCC2CC)cc1. The summed E-state index contributed by atoms with van der Waals surface area (Å²) in [6.07, 6.45) is 4.91. The monoisotopic (exact) mass is 276 g/mol. The molecule has 0 aliphatic carbocycles. The third-order valence-corrected chi connectivity index (χ3v) is 4.18. The standard InChI is InChI=1S/C17H28N2O/c1-3-12-20-16-9-7-14(8-10-16)17(18)13-19-11-5-6-15(19)4-2/h7-10,15,17H,3-6,11-13,18H2,1-2H3. The van der Waals surface area contributed by atoms with Crippen LogP contribution in [-0.4, -0.2) is 30.6 Å². The van der Waals surface area contributed by atoms with Crippen molar-refractivity contribution in [1.82, 2.24) is 4.90 Å². The van der Waals surface area contributed by atoms with Gasteiger partial charge in [-0.2, -0.15) is 0 Å². The molecule has 1 aromatic carbocycles. The normalized spacial score (nSPS) is 21.1. The van der Waals surface area contributed by atoms with Crippen LogP contribution in [-0.2, 0) is 0 Å². The molecule has 0 aromatic heterocycles. The minimum Gasteiger partial charge on any atom is -0.494 e. The number of benzene rings is 1. The summed E-state index contributed by atoms with van der Waals surface area (Å²) in [5, 5.41) is 0. The summed E-state index contributed by atoms with van der Waals surface area (Å²) in [5.74, 6) is 0.940. The second-order valence-electron chi connectivity index (χ2n) is 5.72. The number of hydrogen-bond acceptors (Lipinski definition) is 3. The Morgan fingerprint density at radius 2 is 2.05 bits per heavy atom. The molecule has 3 heteroatoms. The Morgan fingerprint density at radius 3 is 2.70 bits per heavy atom. The molecular weight excluding hydrogens is 248 g/mol. The molecule has 0 amide bonds. The highest BCUT2D eigenvalue weighted by atomic mass is 16.5. The van der Waals surface area contributed by atoms with E-state index in [1.54, 1.807) is 0 Å². The molecule has 2 N–H and O–H groups in total. The van der Waals surface area contributed by atoms with E-state index in [1.807, 2.05) is 12.1 Å². The molecule has 1 aliphatic rings. The first kappa shape index (κ1) is 15.3. The molecule has 1 fully saturated rings. The smallest absolute Gasteiger partial charge is 0.119 e. The van der Waals surface area contributed by atoms with Crippen LogP contribution in [0.5, 0.6) is 5.75 Å². The molecule has 1 saturated heterocycles. The van der Waals surface area contributed by atoms with Crippen LogP contribution in [0.3, 0.4) is 0 Å². The Balaban J connectivity index is 1.90. The molecule has 2 unspecified atom stereocenters. The first-order valence-corrected chi connectivity index (χ1v) is 7.97. The van der Waals surface area contributed by atoms with Gasteiger partial charge in [0.2, 0.25) is 0 Å². The minimum atomic E-state index is 0.0994. The molecule has 2 atom stereocenters. The Bertz CT molecular complexity index is 390. The van der Waals surface area contributed by atoms with Gasteiger partial charge in [0, 0.05) is 18.6 Å². The summed E-state index contributed by atoms with van der Waals surface area (Å²) in [5.41, 5.74) is 7.56. The maximum atomic E-state index is 6.36. The summed E-state index contributed by atoms with van der Waals surface area (Å²) >= 11 is 0. The molecule has 2 rings (SSSR count). The second kappa shape index (κ2) is 7.65. The van der Waals surface area contributed by atoms with Gasteiger partial charge in [0.15, 0.2) is 0 Å². The van der Waals surface area contributed by atoms with Crippen LogP contribution in [0.4, 0.5) is 0 Å². The lowest BCUT2D eigenvalue weighted by molar-refractivity contribution is 0.234. The fourth-order valence-electron chi connectivity index (χ4n) is 2.99. The van der Waals surface area contributed by atoms with Crippen molar-refractivity contribution in [2.45, 2.75) is 51.6 Å². The molecule has 0 saturated carbocycles. The molecule has 1 aliphatic heterocycles. The van der Waals surface area contributed by atoms with Crippen LogP contribution >= 0.6 is 0 Å². The van der Waals surface area contributed by atoms with E-state index in [1.165, 1.54) is 31.4 Å². The molecule has 3 nitrogen and oxygen atoms in total. The molecule has 1 heterocycles. The summed E-state index contributed by atoms with van der Waals surface area (Å²) in [6, 6.07) is 9.10. The van der Waals surface area contributed by atoms with Gasteiger partial charge in [0.05, 0.1) is 6.61 Å². The van der Waals surface area contributed by atoms with Crippen molar-refractivity contribution >= 4 is 0 Å². The fraction of sp³-hybridized carbons (Fsp3) is 0.647. The van der Waals surface area contributed by atoms with Gasteiger partial charge in [-0.05, 0) is 49.9 Å². The summed E-state index contributed by atoms with van der Waals surface area (Å²) in [6.45, 7) is 7.33. The van der Waals surface area contributed by atoms with Crippen molar-refractivity contribution < 1.29 is 4.74 Å². The molecule has 0 radical (unpaired) electrons. The van der Waals surface area contributed by atoms with E-state index >= 15 is 0 Å². The van der Waals surface area contributed by atoms with Gasteiger partial charge in [0.1, 0.15) is 5.75 Å². The molecular formula is C17H28N2O. The predicted octanol–water partition coefficient (Wildman–Crippen LogP) is 3.35. The number of hydrogen-bond donors (Lipinski definition) is 1. The third-order valence-electron chi connectivity index (χ3n) is 4.18. The Hall–Kier alpha value is -1.06. The van der Waals surface area contributed by atoms with Crippen molar-refractivity contribution in [1.29, 1.82) is 0 Å². The van der Waals surface area contributed by atoms with Gasteiger partial charge in [0.25, 0.3) is 0 Å². The average Bonchev–Trinajstić information content (AvgIpc) is 2.92. The number of rotatable bonds is 7. The van der Waals surface area contributed by atoms with Gasteiger partial charge in [-0.3, -0.25) is 4.90 Å². The number of nitrogens with zero attached hydrogens (tertiary/aromatic N) is 1. The summed E-state index contributed by atoms with van der Waals surface area (Å²) < 4.78 is 5.61. The number of likely N-dealkylation sites (tertiary alicyclic amines) is 1. The maximum absolute atomic E-state index is 6.36. The van der Waals surface area contributed by atoms with Crippen molar-refractivity contribution in [2.75, 3.05) is 19.7 Å². The molecule has 0 spiro atoms. The van der Waals surface area contributed by atoms with Crippen molar-refractivity contribution in [3.63, 3.8) is 0 Å². The van der Waals surface area contributed by atoms with Gasteiger partial charge < -0.3 is 10.5 Å². The van der Waals surface area contributed by atoms with Crippen LogP contribution in [0, 0.1) is 0 Å². The topological polar surface area (TPSA) is 38.5 Å². The highest BCUT2D eigenvalue weighted by molar-refractivity contribution is 5.29. The zero-order valence-corrected chi connectivity index (χ0v) is 12.8.